The third kappa shape index (κ3) is 9.80. The number of anilines is 1. The average Bonchev–Trinajstić information content (AvgIpc) is 3.06. The summed E-state index contributed by atoms with van der Waals surface area (Å²) in [6.45, 7) is 3.48. The van der Waals surface area contributed by atoms with E-state index in [-0.39, 0.29) is 22.4 Å². The van der Waals surface area contributed by atoms with Crippen LogP contribution in [0, 0.1) is 19.7 Å². The molecule has 0 spiro atoms. The van der Waals surface area contributed by atoms with E-state index in [0.29, 0.717) is 49.5 Å². The van der Waals surface area contributed by atoms with E-state index in [9.17, 15) is 45.1 Å². The predicted molar refractivity (Wildman–Crippen MR) is 173 cm³/mol. The second kappa shape index (κ2) is 17.1. The first-order valence-corrected chi connectivity index (χ1v) is 15.2. The number of aromatic nitrogens is 2. The van der Waals surface area contributed by atoms with Crippen LogP contribution in [-0.4, -0.2) is 66.1 Å². The van der Waals surface area contributed by atoms with E-state index in [0.717, 1.165) is 17.0 Å². The number of nitrogens with one attached hydrogen (secondary N) is 1. The van der Waals surface area contributed by atoms with Crippen molar-refractivity contribution in [2.75, 3.05) is 37.7 Å². The van der Waals surface area contributed by atoms with Gasteiger partial charge in [0.15, 0.2) is 0 Å². The van der Waals surface area contributed by atoms with Crippen LogP contribution in [0.5, 0.6) is 0 Å². The van der Waals surface area contributed by atoms with Crippen LogP contribution >= 0.6 is 0 Å². The minimum Gasteiger partial charge on any atom is -0.480 e. The first-order valence-electron chi connectivity index (χ1n) is 15.2. The van der Waals surface area contributed by atoms with Crippen molar-refractivity contribution in [2.45, 2.75) is 40.0 Å². The van der Waals surface area contributed by atoms with Crippen LogP contribution in [0.3, 0.4) is 0 Å². The molecule has 16 heteroatoms. The van der Waals surface area contributed by atoms with E-state index < -0.39 is 48.2 Å². The Morgan fingerprint density at radius 3 is 2.28 bits per heavy atom. The molecule has 4 aromatic rings. The van der Waals surface area contributed by atoms with Crippen LogP contribution < -0.4 is 15.8 Å². The average molecular weight is 713 g/mol. The number of rotatable bonds is 6. The summed E-state index contributed by atoms with van der Waals surface area (Å²) in [5.74, 6) is -2.51. The van der Waals surface area contributed by atoms with Gasteiger partial charge in [-0.3, -0.25) is 19.4 Å². The summed E-state index contributed by atoms with van der Waals surface area (Å²) < 4.78 is 90.5. The number of carboxylic acid groups (broad SMARTS) is 1. The van der Waals surface area contributed by atoms with Gasteiger partial charge in [-0.1, -0.05) is 25.1 Å². The van der Waals surface area contributed by atoms with Crippen LogP contribution in [0.2, 0.25) is 0 Å². The second-order valence-electron chi connectivity index (χ2n) is 11.0. The molecule has 1 amide bonds. The Hall–Kier alpha value is -4.99. The third-order valence-electron chi connectivity index (χ3n) is 7.77. The lowest BCUT2D eigenvalue weighted by molar-refractivity contribution is -0.137. The quantitative estimate of drug-likeness (QED) is 0.221. The Labute approximate surface area is 282 Å². The molecule has 5 rings (SSSR count). The Balaban J connectivity index is 0.000000245. The summed E-state index contributed by atoms with van der Waals surface area (Å²) in [4.78, 5) is 41.3. The number of amides is 1. The number of fused-ring (bicyclic) bond motifs is 1. The van der Waals surface area contributed by atoms with Crippen molar-refractivity contribution in [1.29, 1.82) is 0 Å². The van der Waals surface area contributed by atoms with Gasteiger partial charge in [0.1, 0.15) is 12.4 Å². The Morgan fingerprint density at radius 1 is 1.06 bits per heavy atom. The minimum atomic E-state index is -4.63. The van der Waals surface area contributed by atoms with Gasteiger partial charge in [0.25, 0.3) is 11.5 Å². The summed E-state index contributed by atoms with van der Waals surface area (Å²) in [5, 5.41) is 11.5. The summed E-state index contributed by atoms with van der Waals surface area (Å²) in [5.41, 5.74) is 0.946. The smallest absolute Gasteiger partial charge is 0.417 e. The number of carbonyl (C=O) groups excluding carboxylic acids is 1. The third-order valence-corrected chi connectivity index (χ3v) is 7.77. The van der Waals surface area contributed by atoms with E-state index in [1.807, 2.05) is 18.7 Å². The highest BCUT2D eigenvalue weighted by Gasteiger charge is 2.36. The van der Waals surface area contributed by atoms with Gasteiger partial charge < -0.3 is 24.6 Å². The Bertz CT molecular complexity index is 1890. The fourth-order valence-corrected chi connectivity index (χ4v) is 5.25. The molecule has 50 heavy (non-hydrogen) atoms. The zero-order valence-corrected chi connectivity index (χ0v) is 27.5. The van der Waals surface area contributed by atoms with Crippen molar-refractivity contribution in [1.82, 2.24) is 14.9 Å². The summed E-state index contributed by atoms with van der Waals surface area (Å²) in [7, 11) is 1.46. The number of carbonyl (C=O) groups is 2. The fraction of sp³-hybridized carbons (Fsp3) is 0.353. The highest BCUT2D eigenvalue weighted by atomic mass is 19.4. The largest absolute Gasteiger partial charge is 0.480 e. The molecule has 1 fully saturated rings. The molecule has 0 bridgehead atoms. The van der Waals surface area contributed by atoms with Crippen LogP contribution in [0.15, 0.2) is 53.5 Å². The molecule has 0 saturated carbocycles. The highest BCUT2D eigenvalue weighted by molar-refractivity contribution is 5.98. The first kappa shape index (κ1) is 39.4. The number of aliphatic carboxylic acids is 1. The van der Waals surface area contributed by atoms with Gasteiger partial charge in [0.05, 0.1) is 35.4 Å². The van der Waals surface area contributed by atoms with E-state index in [2.05, 4.69) is 10.3 Å². The van der Waals surface area contributed by atoms with Gasteiger partial charge in [-0.15, -0.1) is 0 Å². The lowest BCUT2D eigenvalue weighted by Crippen LogP contribution is -2.36. The molecule has 0 radical (unpaired) electrons. The molecule has 0 aliphatic carbocycles. The van der Waals surface area contributed by atoms with E-state index in [1.54, 1.807) is 24.3 Å². The van der Waals surface area contributed by atoms with Crippen molar-refractivity contribution in [3.63, 3.8) is 0 Å². The summed E-state index contributed by atoms with van der Waals surface area (Å²) in [6.07, 6.45) is -2.64. The molecule has 2 aromatic carbocycles. The normalized spacial score (nSPS) is 12.9. The maximum absolute atomic E-state index is 14.4. The van der Waals surface area contributed by atoms with E-state index >= 15 is 0 Å². The standard InChI is InChI=1S/C18H15F3N2O.C15H19FN2O4.CHF3/c1-10-6-7-13(16-12(10)5-4-8-22-16)15-14(18(19,20)21)9-11(2)23(3)17(15)24;1-2-10-7-11(18-3-5-22-6-4-18)8-12(16)14(10)15(21)17-9-13(19)20;2-1(3)4/h4-9H,1-3H3;7-8H,2-6,9H2,1H3,(H,17,21)(H,19,20);1H. The lowest BCUT2D eigenvalue weighted by Gasteiger charge is -2.29. The first-order chi connectivity index (χ1) is 23.5. The number of aryl methyl sites for hydroxylation is 3. The molecule has 1 aliphatic rings. The van der Waals surface area contributed by atoms with Gasteiger partial charge in [0.2, 0.25) is 0 Å². The minimum absolute atomic E-state index is 0.0826. The molecule has 2 N–H and O–H groups in total. The van der Waals surface area contributed by atoms with Crippen molar-refractivity contribution in [2.24, 2.45) is 7.05 Å². The Morgan fingerprint density at radius 2 is 1.70 bits per heavy atom. The molecule has 0 atom stereocenters. The number of benzene rings is 2. The number of nitrogens with zero attached hydrogens (tertiary/aromatic N) is 3. The number of hydrogen-bond acceptors (Lipinski definition) is 6. The number of ether oxygens (including phenoxy) is 1. The van der Waals surface area contributed by atoms with Crippen LogP contribution in [-0.2, 0) is 29.2 Å². The monoisotopic (exact) mass is 712 g/mol. The Kier molecular flexibility index (Phi) is 13.5. The van der Waals surface area contributed by atoms with Crippen LogP contribution in [0.4, 0.5) is 36.4 Å². The van der Waals surface area contributed by atoms with Gasteiger partial charge in [-0.2, -0.15) is 26.3 Å². The molecular formula is C34H35F7N4O5. The predicted octanol–water partition coefficient (Wildman–Crippen LogP) is 6.45. The number of hydrogen-bond donors (Lipinski definition) is 2. The number of morpholine rings is 1. The summed E-state index contributed by atoms with van der Waals surface area (Å²) >= 11 is 0. The topological polar surface area (TPSA) is 114 Å². The van der Waals surface area contributed by atoms with Gasteiger partial charge in [-0.25, -0.2) is 4.39 Å². The summed E-state index contributed by atoms with van der Waals surface area (Å²) in [6, 6.07) is 10.9. The second-order valence-corrected chi connectivity index (χ2v) is 11.0. The fourth-order valence-electron chi connectivity index (χ4n) is 5.25. The lowest BCUT2D eigenvalue weighted by atomic mass is 9.95. The molecular weight excluding hydrogens is 677 g/mol. The van der Waals surface area contributed by atoms with Crippen LogP contribution in [0.25, 0.3) is 22.0 Å². The SMILES string of the molecule is CCc1cc(N2CCOCC2)cc(F)c1C(=O)NCC(=O)O.Cc1ccc(-c2c(C(F)(F)F)cc(C)n(C)c2=O)c2ncccc12.FC(F)F. The van der Waals surface area contributed by atoms with E-state index in [4.69, 9.17) is 9.84 Å². The maximum Gasteiger partial charge on any atom is 0.417 e. The zero-order valence-electron chi connectivity index (χ0n) is 27.5. The van der Waals surface area contributed by atoms with E-state index in [1.165, 1.54) is 36.9 Å². The molecule has 0 unspecified atom stereocenters. The van der Waals surface area contributed by atoms with Crippen LogP contribution in [0.1, 0.15) is 39.7 Å². The number of carboxylic acids is 1. The van der Waals surface area contributed by atoms with Gasteiger partial charge in [-0.05, 0) is 55.7 Å². The highest BCUT2D eigenvalue weighted by Crippen LogP contribution is 2.38. The van der Waals surface area contributed by atoms with Gasteiger partial charge in [0, 0.05) is 48.7 Å². The molecule has 3 heterocycles. The van der Waals surface area contributed by atoms with Crippen molar-refractivity contribution in [3.05, 3.63) is 92.8 Å². The van der Waals surface area contributed by atoms with Crippen molar-refractivity contribution < 1.29 is 50.2 Å². The molecule has 1 aliphatic heterocycles. The molecule has 270 valence electrons. The van der Waals surface area contributed by atoms with Crippen molar-refractivity contribution >= 4 is 28.5 Å². The molecule has 1 saturated heterocycles. The number of alkyl halides is 6. The molecule has 2 aromatic heterocycles. The number of pyridine rings is 2. The molecule has 9 nitrogen and oxygen atoms in total. The number of halogens is 7. The van der Waals surface area contributed by atoms with Crippen molar-refractivity contribution in [3.8, 4) is 11.1 Å². The maximum atomic E-state index is 14.4. The zero-order chi connectivity index (χ0) is 37.3. The van der Waals surface area contributed by atoms with Gasteiger partial charge >= 0.3 is 18.8 Å².